The summed E-state index contributed by atoms with van der Waals surface area (Å²) < 4.78 is 28.1. The van der Waals surface area contributed by atoms with E-state index < -0.39 is 16.1 Å². The van der Waals surface area contributed by atoms with Gasteiger partial charge < -0.3 is 9.64 Å². The van der Waals surface area contributed by atoms with E-state index in [0.29, 0.717) is 17.9 Å². The van der Waals surface area contributed by atoms with Gasteiger partial charge in [-0.25, -0.2) is 18.4 Å². The molecular formula is C20H23N3O5S. The quantitative estimate of drug-likeness (QED) is 0.826. The van der Waals surface area contributed by atoms with Crippen LogP contribution in [-0.2, 0) is 19.6 Å². The van der Waals surface area contributed by atoms with Crippen molar-refractivity contribution in [3.8, 4) is 11.1 Å². The van der Waals surface area contributed by atoms with Gasteiger partial charge in [0, 0.05) is 13.5 Å². The summed E-state index contributed by atoms with van der Waals surface area (Å²) in [7, 11) is -3.78. The summed E-state index contributed by atoms with van der Waals surface area (Å²) in [4.78, 5) is 27.9. The van der Waals surface area contributed by atoms with E-state index in [4.69, 9.17) is 9.88 Å². The van der Waals surface area contributed by atoms with Gasteiger partial charge >= 0.3 is 6.09 Å². The molecule has 1 unspecified atom stereocenters. The Morgan fingerprint density at radius 1 is 1.10 bits per heavy atom. The standard InChI is InChI=1S/C20H23N3O5S/c1-4-28-20(25)22-12-13(2)23(14(3)24)18-10-7-16(11-19(18)22)15-5-8-17(9-6-15)29(21,26)27/h5-11,13H,4,12H2,1-3H3,(H2,21,26,27). The molecule has 2 amide bonds. The van der Waals surface area contributed by atoms with E-state index in [-0.39, 0.29) is 23.5 Å². The summed E-state index contributed by atoms with van der Waals surface area (Å²) in [5.74, 6) is -0.118. The van der Waals surface area contributed by atoms with Crippen molar-refractivity contribution in [3.05, 3.63) is 42.5 Å². The zero-order valence-corrected chi connectivity index (χ0v) is 17.3. The Balaban J connectivity index is 2.09. The van der Waals surface area contributed by atoms with E-state index in [9.17, 15) is 18.0 Å². The van der Waals surface area contributed by atoms with Crippen molar-refractivity contribution in [3.63, 3.8) is 0 Å². The van der Waals surface area contributed by atoms with Crippen LogP contribution in [0, 0.1) is 0 Å². The van der Waals surface area contributed by atoms with E-state index in [0.717, 1.165) is 11.1 Å². The molecular weight excluding hydrogens is 394 g/mol. The third-order valence-corrected chi connectivity index (χ3v) is 5.69. The molecule has 0 spiro atoms. The number of primary sulfonamides is 1. The number of carbonyl (C=O) groups excluding carboxylic acids is 2. The highest BCUT2D eigenvalue weighted by atomic mass is 32.2. The number of anilines is 2. The molecule has 0 saturated carbocycles. The smallest absolute Gasteiger partial charge is 0.414 e. The van der Waals surface area contributed by atoms with Gasteiger partial charge in [-0.05, 0) is 49.2 Å². The third-order valence-electron chi connectivity index (χ3n) is 4.76. The minimum absolute atomic E-state index is 0.0175. The number of nitrogens with two attached hydrogens (primary N) is 1. The lowest BCUT2D eigenvalue weighted by Crippen LogP contribution is -2.51. The SMILES string of the molecule is CCOC(=O)N1CC(C)N(C(C)=O)c2ccc(-c3ccc(S(N)(=O)=O)cc3)cc21. The second-order valence-corrected chi connectivity index (χ2v) is 8.38. The molecule has 29 heavy (non-hydrogen) atoms. The Kier molecular flexibility index (Phi) is 5.63. The molecule has 3 rings (SSSR count). The fraction of sp³-hybridized carbons (Fsp3) is 0.300. The molecule has 0 saturated heterocycles. The molecule has 0 aliphatic carbocycles. The number of nitrogens with zero attached hydrogens (tertiary/aromatic N) is 2. The maximum Gasteiger partial charge on any atom is 0.414 e. The number of sulfonamides is 1. The average molecular weight is 417 g/mol. The minimum Gasteiger partial charge on any atom is -0.449 e. The van der Waals surface area contributed by atoms with Crippen LogP contribution in [0.1, 0.15) is 20.8 Å². The van der Waals surface area contributed by atoms with Crippen molar-refractivity contribution in [1.82, 2.24) is 0 Å². The van der Waals surface area contributed by atoms with Crippen molar-refractivity contribution in [2.75, 3.05) is 23.0 Å². The largest absolute Gasteiger partial charge is 0.449 e. The predicted octanol–water partition coefficient (Wildman–Crippen LogP) is 2.72. The van der Waals surface area contributed by atoms with Crippen LogP contribution >= 0.6 is 0 Å². The van der Waals surface area contributed by atoms with Crippen molar-refractivity contribution < 1.29 is 22.7 Å². The van der Waals surface area contributed by atoms with Crippen molar-refractivity contribution in [2.24, 2.45) is 5.14 Å². The topological polar surface area (TPSA) is 110 Å². The molecule has 9 heteroatoms. The Morgan fingerprint density at radius 3 is 2.28 bits per heavy atom. The van der Waals surface area contributed by atoms with E-state index in [1.165, 1.54) is 24.0 Å². The van der Waals surface area contributed by atoms with Crippen LogP contribution in [0.15, 0.2) is 47.4 Å². The van der Waals surface area contributed by atoms with E-state index in [1.54, 1.807) is 36.1 Å². The van der Waals surface area contributed by atoms with Gasteiger partial charge in [-0.15, -0.1) is 0 Å². The van der Waals surface area contributed by atoms with Crippen molar-refractivity contribution >= 4 is 33.4 Å². The molecule has 154 valence electrons. The number of fused-ring (bicyclic) bond motifs is 1. The first kappa shape index (κ1) is 20.8. The Hall–Kier alpha value is -2.91. The van der Waals surface area contributed by atoms with E-state index in [1.807, 2.05) is 13.0 Å². The van der Waals surface area contributed by atoms with E-state index in [2.05, 4.69) is 0 Å². The van der Waals surface area contributed by atoms with Gasteiger partial charge in [0.25, 0.3) is 0 Å². The summed E-state index contributed by atoms with van der Waals surface area (Å²) in [6, 6.07) is 11.3. The number of benzene rings is 2. The molecule has 1 heterocycles. The summed E-state index contributed by atoms with van der Waals surface area (Å²) >= 11 is 0. The third kappa shape index (κ3) is 4.10. The van der Waals surface area contributed by atoms with Gasteiger partial charge in [-0.2, -0.15) is 0 Å². The Bertz CT molecular complexity index is 1050. The van der Waals surface area contributed by atoms with Crippen molar-refractivity contribution in [2.45, 2.75) is 31.7 Å². The maximum absolute atomic E-state index is 12.5. The lowest BCUT2D eigenvalue weighted by molar-refractivity contribution is -0.117. The predicted molar refractivity (Wildman–Crippen MR) is 110 cm³/mol. The molecule has 0 aromatic heterocycles. The highest BCUT2D eigenvalue weighted by molar-refractivity contribution is 7.89. The summed E-state index contributed by atoms with van der Waals surface area (Å²) in [5.41, 5.74) is 2.69. The van der Waals surface area contributed by atoms with Gasteiger partial charge in [0.05, 0.1) is 28.9 Å². The monoisotopic (exact) mass is 417 g/mol. The number of hydrogen-bond acceptors (Lipinski definition) is 5. The number of rotatable bonds is 3. The molecule has 2 N–H and O–H groups in total. The highest BCUT2D eigenvalue weighted by Gasteiger charge is 2.34. The second-order valence-electron chi connectivity index (χ2n) is 6.82. The average Bonchev–Trinajstić information content (AvgIpc) is 2.66. The van der Waals surface area contributed by atoms with Crippen LogP contribution < -0.4 is 14.9 Å². The second kappa shape index (κ2) is 7.84. The van der Waals surface area contributed by atoms with Gasteiger partial charge in [-0.3, -0.25) is 9.69 Å². The van der Waals surface area contributed by atoms with E-state index >= 15 is 0 Å². The highest BCUT2D eigenvalue weighted by Crippen LogP contribution is 2.39. The number of carbonyl (C=O) groups is 2. The van der Waals surface area contributed by atoms with Gasteiger partial charge in [0.1, 0.15) is 0 Å². The van der Waals surface area contributed by atoms with Crippen LogP contribution in [0.3, 0.4) is 0 Å². The molecule has 1 aliphatic heterocycles. The molecule has 1 atom stereocenters. The summed E-state index contributed by atoms with van der Waals surface area (Å²) in [6.07, 6.45) is -0.481. The summed E-state index contributed by atoms with van der Waals surface area (Å²) in [5, 5.41) is 5.15. The molecule has 2 aromatic rings. The van der Waals surface area contributed by atoms with Gasteiger partial charge in [-0.1, -0.05) is 18.2 Å². The van der Waals surface area contributed by atoms with Crippen LogP contribution in [0.4, 0.5) is 16.2 Å². The van der Waals surface area contributed by atoms with Crippen LogP contribution in [0.25, 0.3) is 11.1 Å². The number of hydrogen-bond donors (Lipinski definition) is 1. The number of ether oxygens (including phenoxy) is 1. The molecule has 2 aromatic carbocycles. The summed E-state index contributed by atoms with van der Waals surface area (Å²) in [6.45, 7) is 5.64. The van der Waals surface area contributed by atoms with Crippen molar-refractivity contribution in [1.29, 1.82) is 0 Å². The Labute approximate surface area is 169 Å². The molecule has 8 nitrogen and oxygen atoms in total. The number of amides is 2. The van der Waals surface area contributed by atoms with Crippen LogP contribution in [0.5, 0.6) is 0 Å². The first-order chi connectivity index (χ1) is 13.6. The van der Waals surface area contributed by atoms with Crippen LogP contribution in [-0.4, -0.2) is 39.6 Å². The normalized spacial score (nSPS) is 16.3. The lowest BCUT2D eigenvalue weighted by atomic mass is 10.0. The van der Waals surface area contributed by atoms with Gasteiger partial charge in [0.15, 0.2) is 0 Å². The first-order valence-corrected chi connectivity index (χ1v) is 10.7. The Morgan fingerprint density at radius 2 is 1.72 bits per heavy atom. The van der Waals surface area contributed by atoms with Gasteiger partial charge in [0.2, 0.25) is 15.9 Å². The fourth-order valence-corrected chi connectivity index (χ4v) is 4.01. The molecule has 1 aliphatic rings. The van der Waals surface area contributed by atoms with Crippen LogP contribution in [0.2, 0.25) is 0 Å². The zero-order chi connectivity index (χ0) is 21.3. The molecule has 0 fully saturated rings. The maximum atomic E-state index is 12.5. The lowest BCUT2D eigenvalue weighted by Gasteiger charge is -2.40. The fourth-order valence-electron chi connectivity index (χ4n) is 3.50. The minimum atomic E-state index is -3.78. The molecule has 0 radical (unpaired) electrons. The zero-order valence-electron chi connectivity index (χ0n) is 16.5. The molecule has 0 bridgehead atoms. The first-order valence-electron chi connectivity index (χ1n) is 9.15.